The van der Waals surface area contributed by atoms with Crippen LogP contribution in [0, 0.1) is 17.1 Å². The molecule has 0 bridgehead atoms. The zero-order chi connectivity index (χ0) is 14.0. The van der Waals surface area contributed by atoms with Gasteiger partial charge in [-0.15, -0.1) is 0 Å². The van der Waals surface area contributed by atoms with Crippen molar-refractivity contribution in [3.05, 3.63) is 46.5 Å². The van der Waals surface area contributed by atoms with Gasteiger partial charge in [-0.3, -0.25) is 4.79 Å². The quantitative estimate of drug-likeness (QED) is 0.806. The normalized spacial score (nSPS) is 11.9. The third kappa shape index (κ3) is 2.46. The fourth-order valence-corrected chi connectivity index (χ4v) is 1.92. The van der Waals surface area contributed by atoms with Crippen molar-refractivity contribution in [3.8, 4) is 6.07 Å². The molecule has 1 aromatic carbocycles. The summed E-state index contributed by atoms with van der Waals surface area (Å²) in [6.07, 6.45) is 1.22. The van der Waals surface area contributed by atoms with Crippen molar-refractivity contribution >= 4 is 17.4 Å². The van der Waals surface area contributed by atoms with E-state index in [4.69, 9.17) is 16.9 Å². The molecule has 1 unspecified atom stereocenters. The van der Waals surface area contributed by atoms with Gasteiger partial charge < -0.3 is 0 Å². The van der Waals surface area contributed by atoms with E-state index in [1.165, 1.54) is 30.2 Å². The molecule has 1 aromatic heterocycles. The van der Waals surface area contributed by atoms with Gasteiger partial charge in [-0.25, -0.2) is 4.39 Å². The first-order chi connectivity index (χ1) is 9.04. The van der Waals surface area contributed by atoms with Crippen LogP contribution in [0.3, 0.4) is 0 Å². The summed E-state index contributed by atoms with van der Waals surface area (Å²) >= 11 is 5.86. The van der Waals surface area contributed by atoms with Gasteiger partial charge in [0, 0.05) is 17.6 Å². The summed E-state index contributed by atoms with van der Waals surface area (Å²) in [6, 6.07) is 5.73. The number of hydrogen-bond acceptors (Lipinski definition) is 4. The molecule has 0 aliphatic heterocycles. The van der Waals surface area contributed by atoms with Gasteiger partial charge in [0.25, 0.3) is 0 Å². The van der Waals surface area contributed by atoms with Crippen LogP contribution in [0.1, 0.15) is 22.0 Å². The predicted octanol–water partition coefficient (Wildman–Crippen LogP) is 2.10. The van der Waals surface area contributed by atoms with E-state index in [0.29, 0.717) is 0 Å². The van der Waals surface area contributed by atoms with Crippen LogP contribution in [-0.2, 0) is 7.05 Å². The number of rotatable bonds is 3. The Morgan fingerprint density at radius 3 is 2.84 bits per heavy atom. The van der Waals surface area contributed by atoms with Crippen LogP contribution < -0.4 is 0 Å². The number of benzene rings is 1. The maximum absolute atomic E-state index is 13.7. The Morgan fingerprint density at radius 1 is 1.58 bits per heavy atom. The van der Waals surface area contributed by atoms with E-state index < -0.39 is 17.5 Å². The zero-order valence-corrected chi connectivity index (χ0v) is 10.6. The third-order valence-electron chi connectivity index (χ3n) is 2.53. The number of nitrogens with zero attached hydrogens (tertiary/aromatic N) is 4. The lowest BCUT2D eigenvalue weighted by Crippen LogP contribution is -2.14. The first-order valence-corrected chi connectivity index (χ1v) is 5.66. The van der Waals surface area contributed by atoms with Crippen LogP contribution >= 0.6 is 11.6 Å². The molecule has 96 valence electrons. The van der Waals surface area contributed by atoms with Crippen molar-refractivity contribution in [2.45, 2.75) is 5.92 Å². The summed E-state index contributed by atoms with van der Waals surface area (Å²) in [5.41, 5.74) is -0.143. The summed E-state index contributed by atoms with van der Waals surface area (Å²) in [5.74, 6) is -2.68. The molecular formula is C12H8ClFN4O. The van der Waals surface area contributed by atoms with E-state index in [0.717, 1.165) is 6.07 Å². The summed E-state index contributed by atoms with van der Waals surface area (Å²) < 4.78 is 13.7. The van der Waals surface area contributed by atoms with Gasteiger partial charge in [-0.05, 0) is 12.1 Å². The molecule has 0 saturated carbocycles. The minimum absolute atomic E-state index is 0.00614. The van der Waals surface area contributed by atoms with Gasteiger partial charge in [0.15, 0.2) is 0 Å². The molecule has 0 N–H and O–H groups in total. The van der Waals surface area contributed by atoms with E-state index in [1.54, 1.807) is 6.07 Å². The predicted molar refractivity (Wildman–Crippen MR) is 65.1 cm³/mol. The fraction of sp³-hybridized carbons (Fsp3) is 0.167. The Morgan fingerprint density at radius 2 is 2.32 bits per heavy atom. The van der Waals surface area contributed by atoms with E-state index in [2.05, 4.69) is 10.2 Å². The van der Waals surface area contributed by atoms with Gasteiger partial charge >= 0.3 is 0 Å². The van der Waals surface area contributed by atoms with Crippen LogP contribution in [0.2, 0.25) is 5.02 Å². The van der Waals surface area contributed by atoms with Gasteiger partial charge in [0.2, 0.25) is 5.78 Å². The van der Waals surface area contributed by atoms with Gasteiger partial charge in [0.05, 0.1) is 12.3 Å². The minimum atomic E-state index is -1.34. The van der Waals surface area contributed by atoms with Crippen LogP contribution in [0.5, 0.6) is 0 Å². The standard InChI is InChI=1S/C12H8ClFN4O/c1-18-16-6-10(17-18)12(19)7(5-15)11-8(13)3-2-4-9(11)14/h2-4,6-7H,1H3. The van der Waals surface area contributed by atoms with Crippen molar-refractivity contribution in [2.75, 3.05) is 0 Å². The van der Waals surface area contributed by atoms with Crippen LogP contribution in [0.15, 0.2) is 24.4 Å². The highest BCUT2D eigenvalue weighted by Gasteiger charge is 2.28. The molecule has 0 aliphatic rings. The van der Waals surface area contributed by atoms with E-state index in [-0.39, 0.29) is 16.3 Å². The van der Waals surface area contributed by atoms with E-state index >= 15 is 0 Å². The smallest absolute Gasteiger partial charge is 0.206 e. The van der Waals surface area contributed by atoms with Gasteiger partial charge in [-0.2, -0.15) is 20.3 Å². The second kappa shape index (κ2) is 5.16. The van der Waals surface area contributed by atoms with Crippen molar-refractivity contribution in [1.29, 1.82) is 5.26 Å². The van der Waals surface area contributed by atoms with E-state index in [9.17, 15) is 9.18 Å². The first-order valence-electron chi connectivity index (χ1n) is 5.28. The molecule has 0 fully saturated rings. The Balaban J connectivity index is 2.47. The van der Waals surface area contributed by atoms with Gasteiger partial charge in [0.1, 0.15) is 17.4 Å². The molecule has 5 nitrogen and oxygen atoms in total. The Hall–Kier alpha value is -2.26. The summed E-state index contributed by atoms with van der Waals surface area (Å²) in [7, 11) is 1.54. The number of Topliss-reactive ketones (excluding diaryl/α,β-unsaturated/α-hetero) is 1. The van der Waals surface area contributed by atoms with Crippen molar-refractivity contribution in [2.24, 2.45) is 7.05 Å². The molecule has 1 heterocycles. The Kier molecular flexibility index (Phi) is 3.58. The topological polar surface area (TPSA) is 71.6 Å². The Bertz CT molecular complexity index is 656. The van der Waals surface area contributed by atoms with Crippen molar-refractivity contribution in [1.82, 2.24) is 15.0 Å². The average Bonchev–Trinajstić information content (AvgIpc) is 2.80. The third-order valence-corrected chi connectivity index (χ3v) is 2.86. The highest BCUT2D eigenvalue weighted by molar-refractivity contribution is 6.31. The molecule has 0 aliphatic carbocycles. The summed E-state index contributed by atoms with van der Waals surface area (Å²) in [6.45, 7) is 0. The highest BCUT2D eigenvalue weighted by Crippen LogP contribution is 2.29. The number of nitriles is 1. The van der Waals surface area contributed by atoms with Gasteiger partial charge in [-0.1, -0.05) is 17.7 Å². The molecule has 7 heteroatoms. The molecule has 1 atom stereocenters. The maximum Gasteiger partial charge on any atom is 0.206 e. The monoisotopic (exact) mass is 278 g/mol. The molecule has 0 saturated heterocycles. The van der Waals surface area contributed by atoms with Crippen molar-refractivity contribution in [3.63, 3.8) is 0 Å². The van der Waals surface area contributed by atoms with E-state index in [1.807, 2.05) is 0 Å². The lowest BCUT2D eigenvalue weighted by atomic mass is 9.94. The highest BCUT2D eigenvalue weighted by atomic mass is 35.5. The SMILES string of the molecule is Cn1ncc(C(=O)C(C#N)c2c(F)cccc2Cl)n1. The molecule has 19 heavy (non-hydrogen) atoms. The Labute approximate surface area is 113 Å². The van der Waals surface area contributed by atoms with Crippen molar-refractivity contribution < 1.29 is 9.18 Å². The minimum Gasteiger partial charge on any atom is -0.290 e. The first kappa shape index (κ1) is 13.2. The largest absolute Gasteiger partial charge is 0.290 e. The lowest BCUT2D eigenvalue weighted by Gasteiger charge is -2.09. The van der Waals surface area contributed by atoms with Crippen LogP contribution in [0.4, 0.5) is 4.39 Å². The second-order valence-corrected chi connectivity index (χ2v) is 4.19. The molecular weight excluding hydrogens is 271 g/mol. The molecule has 2 rings (SSSR count). The van der Waals surface area contributed by atoms with Crippen LogP contribution in [-0.4, -0.2) is 20.8 Å². The number of aromatic nitrogens is 3. The van der Waals surface area contributed by atoms with Crippen LogP contribution in [0.25, 0.3) is 0 Å². The summed E-state index contributed by atoms with van der Waals surface area (Å²) in [4.78, 5) is 13.3. The summed E-state index contributed by atoms with van der Waals surface area (Å²) in [5, 5.41) is 16.7. The molecule has 2 aromatic rings. The lowest BCUT2D eigenvalue weighted by molar-refractivity contribution is 0.0972. The number of hydrogen-bond donors (Lipinski definition) is 0. The number of carbonyl (C=O) groups is 1. The number of aryl methyl sites for hydroxylation is 1. The maximum atomic E-state index is 13.7. The molecule has 0 radical (unpaired) electrons. The molecule has 0 amide bonds. The molecule has 0 spiro atoms. The number of ketones is 1. The fourth-order valence-electron chi connectivity index (χ4n) is 1.65. The average molecular weight is 279 g/mol. The zero-order valence-electron chi connectivity index (χ0n) is 9.84. The number of halogens is 2. The second-order valence-electron chi connectivity index (χ2n) is 3.78. The number of carbonyl (C=O) groups excluding carboxylic acids is 1.